The van der Waals surface area contributed by atoms with Gasteiger partial charge in [-0.05, 0) is 18.3 Å². The number of nitrogens with zero attached hydrogens (tertiary/aromatic N) is 3. The third-order valence-electron chi connectivity index (χ3n) is 2.26. The minimum atomic E-state index is -1.20. The summed E-state index contributed by atoms with van der Waals surface area (Å²) < 4.78 is 13.2. The maximum atomic E-state index is 12.1. The van der Waals surface area contributed by atoms with E-state index in [-0.39, 0.29) is 17.0 Å². The van der Waals surface area contributed by atoms with Crippen molar-refractivity contribution in [1.29, 1.82) is 0 Å². The Bertz CT molecular complexity index is 608. The lowest BCUT2D eigenvalue weighted by atomic mass is 10.5. The Morgan fingerprint density at radius 1 is 1.53 bits per heavy atom. The molecule has 0 aliphatic rings. The molecule has 0 bridgehead atoms. The van der Waals surface area contributed by atoms with Gasteiger partial charge in [0.15, 0.2) is 10.3 Å². The molecule has 0 amide bonds. The van der Waals surface area contributed by atoms with Crippen LogP contribution in [0.3, 0.4) is 0 Å². The standard InChI is InChI=1S/C9H10ClN3O2S2/c1-3-13-5(4-10)11-7-6(8(13)14)12-9(16-7)17(2)15/h3-4H2,1-2H3. The molecule has 2 heterocycles. The van der Waals surface area contributed by atoms with Crippen LogP contribution < -0.4 is 5.56 Å². The van der Waals surface area contributed by atoms with E-state index in [2.05, 4.69) is 9.97 Å². The summed E-state index contributed by atoms with van der Waals surface area (Å²) in [6, 6.07) is 0. The molecular formula is C9H10ClN3O2S2. The Hall–Kier alpha value is -0.630. The normalized spacial score (nSPS) is 13.2. The van der Waals surface area contributed by atoms with Crippen LogP contribution in [0.25, 0.3) is 10.3 Å². The molecular weight excluding hydrogens is 282 g/mol. The van der Waals surface area contributed by atoms with E-state index in [0.29, 0.717) is 21.5 Å². The SMILES string of the molecule is CCn1c(CCl)nc2sc([S+](C)[O-])nc2c1=O. The fourth-order valence-corrected chi connectivity index (χ4v) is 3.29. The van der Waals surface area contributed by atoms with E-state index in [1.54, 1.807) is 0 Å². The van der Waals surface area contributed by atoms with Crippen LogP contribution >= 0.6 is 22.9 Å². The molecule has 2 rings (SSSR count). The van der Waals surface area contributed by atoms with E-state index in [9.17, 15) is 9.35 Å². The van der Waals surface area contributed by atoms with Crippen LogP contribution in [0.4, 0.5) is 0 Å². The second-order valence-corrected chi connectivity index (χ2v) is 6.10. The largest absolute Gasteiger partial charge is 0.610 e. The molecule has 17 heavy (non-hydrogen) atoms. The molecule has 0 radical (unpaired) electrons. The Labute approximate surface area is 110 Å². The molecule has 2 aromatic rings. The van der Waals surface area contributed by atoms with E-state index < -0.39 is 11.2 Å². The van der Waals surface area contributed by atoms with Crippen molar-refractivity contribution in [2.75, 3.05) is 6.26 Å². The van der Waals surface area contributed by atoms with E-state index >= 15 is 0 Å². The maximum Gasteiger partial charge on any atom is 0.304 e. The minimum absolute atomic E-state index is 0.168. The monoisotopic (exact) mass is 291 g/mol. The fraction of sp³-hybridized carbons (Fsp3) is 0.444. The highest BCUT2D eigenvalue weighted by molar-refractivity contribution is 7.92. The number of aromatic nitrogens is 3. The van der Waals surface area contributed by atoms with Crippen LogP contribution in [0.5, 0.6) is 0 Å². The summed E-state index contributed by atoms with van der Waals surface area (Å²) in [5.74, 6) is 0.685. The van der Waals surface area contributed by atoms with E-state index in [1.807, 2.05) is 6.92 Å². The number of hydrogen-bond acceptors (Lipinski definition) is 5. The quantitative estimate of drug-likeness (QED) is 0.632. The molecule has 0 aromatic carbocycles. The summed E-state index contributed by atoms with van der Waals surface area (Å²) in [5, 5.41) is 0. The van der Waals surface area contributed by atoms with Crippen molar-refractivity contribution >= 4 is 44.5 Å². The zero-order valence-corrected chi connectivity index (χ0v) is 11.7. The van der Waals surface area contributed by atoms with Crippen LogP contribution in [0.1, 0.15) is 12.7 Å². The third kappa shape index (κ3) is 2.20. The maximum absolute atomic E-state index is 12.1. The van der Waals surface area contributed by atoms with Crippen molar-refractivity contribution < 1.29 is 4.55 Å². The lowest BCUT2D eigenvalue weighted by Crippen LogP contribution is -2.24. The Morgan fingerprint density at radius 2 is 2.24 bits per heavy atom. The molecule has 0 saturated heterocycles. The van der Waals surface area contributed by atoms with Crippen molar-refractivity contribution in [3.05, 3.63) is 16.2 Å². The first-order chi connectivity index (χ1) is 8.08. The van der Waals surface area contributed by atoms with Crippen LogP contribution in [-0.2, 0) is 23.6 Å². The van der Waals surface area contributed by atoms with Crippen LogP contribution in [0.15, 0.2) is 9.13 Å². The first-order valence-corrected chi connectivity index (χ1v) is 7.79. The molecule has 0 aliphatic heterocycles. The molecule has 2 aromatic heterocycles. The average molecular weight is 292 g/mol. The van der Waals surface area contributed by atoms with Crippen LogP contribution in [-0.4, -0.2) is 25.3 Å². The van der Waals surface area contributed by atoms with E-state index in [4.69, 9.17) is 11.6 Å². The highest BCUT2D eigenvalue weighted by atomic mass is 35.5. The average Bonchev–Trinajstić information content (AvgIpc) is 2.73. The van der Waals surface area contributed by atoms with Gasteiger partial charge in [-0.2, -0.15) is 4.98 Å². The van der Waals surface area contributed by atoms with Crippen molar-refractivity contribution in [2.45, 2.75) is 23.7 Å². The molecule has 5 nitrogen and oxygen atoms in total. The third-order valence-corrected chi connectivity index (χ3v) is 4.78. The number of thiazole rings is 1. The Kier molecular flexibility index (Phi) is 3.72. The molecule has 8 heteroatoms. The summed E-state index contributed by atoms with van der Waals surface area (Å²) in [6.45, 7) is 2.34. The summed E-state index contributed by atoms with van der Waals surface area (Å²) in [6.07, 6.45) is 1.53. The highest BCUT2D eigenvalue weighted by Crippen LogP contribution is 2.22. The zero-order valence-electron chi connectivity index (χ0n) is 9.27. The smallest absolute Gasteiger partial charge is 0.304 e. The topological polar surface area (TPSA) is 70.8 Å². The number of hydrogen-bond donors (Lipinski definition) is 0. The van der Waals surface area contributed by atoms with Gasteiger partial charge in [0.1, 0.15) is 12.1 Å². The van der Waals surface area contributed by atoms with Crippen LogP contribution in [0, 0.1) is 0 Å². The number of halogens is 1. The van der Waals surface area contributed by atoms with Gasteiger partial charge in [0.2, 0.25) is 0 Å². The summed E-state index contributed by atoms with van der Waals surface area (Å²) >= 11 is 5.73. The second-order valence-electron chi connectivity index (χ2n) is 3.30. The first kappa shape index (κ1) is 12.8. The number of alkyl halides is 1. The molecule has 0 fully saturated rings. The molecule has 1 atom stereocenters. The summed E-state index contributed by atoms with van der Waals surface area (Å²) in [4.78, 5) is 20.9. The number of fused-ring (bicyclic) bond motifs is 1. The van der Waals surface area contributed by atoms with Gasteiger partial charge < -0.3 is 4.55 Å². The van der Waals surface area contributed by atoms with Gasteiger partial charge in [0.25, 0.3) is 5.56 Å². The van der Waals surface area contributed by atoms with Gasteiger partial charge in [0.05, 0.1) is 5.88 Å². The Morgan fingerprint density at radius 3 is 2.76 bits per heavy atom. The molecule has 1 unspecified atom stereocenters. The first-order valence-electron chi connectivity index (χ1n) is 4.88. The zero-order chi connectivity index (χ0) is 12.6. The minimum Gasteiger partial charge on any atom is -0.610 e. The van der Waals surface area contributed by atoms with Gasteiger partial charge in [-0.3, -0.25) is 9.36 Å². The van der Waals surface area contributed by atoms with E-state index in [0.717, 1.165) is 0 Å². The van der Waals surface area contributed by atoms with Crippen LogP contribution in [0.2, 0.25) is 0 Å². The molecule has 0 spiro atoms. The highest BCUT2D eigenvalue weighted by Gasteiger charge is 2.18. The van der Waals surface area contributed by atoms with Gasteiger partial charge in [-0.25, -0.2) is 4.98 Å². The number of rotatable bonds is 3. The van der Waals surface area contributed by atoms with Crippen molar-refractivity contribution in [2.24, 2.45) is 0 Å². The predicted molar refractivity (Wildman–Crippen MR) is 69.2 cm³/mol. The molecule has 0 aliphatic carbocycles. The lowest BCUT2D eigenvalue weighted by molar-refractivity contribution is 0.600. The van der Waals surface area contributed by atoms with Gasteiger partial charge in [-0.1, -0.05) is 0 Å². The van der Waals surface area contributed by atoms with Crippen molar-refractivity contribution in [1.82, 2.24) is 14.5 Å². The van der Waals surface area contributed by atoms with Gasteiger partial charge in [0, 0.05) is 17.7 Å². The second kappa shape index (κ2) is 4.93. The lowest BCUT2D eigenvalue weighted by Gasteiger charge is -2.05. The van der Waals surface area contributed by atoms with Crippen molar-refractivity contribution in [3.8, 4) is 0 Å². The summed E-state index contributed by atoms with van der Waals surface area (Å²) in [5.41, 5.74) is 0.0528. The molecule has 0 N–H and O–H groups in total. The Balaban J connectivity index is 2.77. The van der Waals surface area contributed by atoms with Gasteiger partial charge >= 0.3 is 4.34 Å². The molecule has 92 valence electrons. The van der Waals surface area contributed by atoms with E-state index in [1.165, 1.54) is 22.2 Å². The van der Waals surface area contributed by atoms with Crippen molar-refractivity contribution in [3.63, 3.8) is 0 Å². The fourth-order valence-electron chi connectivity index (χ4n) is 1.48. The molecule has 0 saturated carbocycles. The summed E-state index contributed by atoms with van der Waals surface area (Å²) in [7, 11) is 0. The predicted octanol–water partition coefficient (Wildman–Crippen LogP) is 1.35. The van der Waals surface area contributed by atoms with Gasteiger partial charge in [-0.15, -0.1) is 11.6 Å².